The van der Waals surface area contributed by atoms with E-state index in [0.717, 1.165) is 0 Å². The number of carbonyl (C=O) groups excluding carboxylic acids is 1. The molecule has 0 radical (unpaired) electrons. The van der Waals surface area contributed by atoms with Gasteiger partial charge in [0.1, 0.15) is 6.04 Å². The number of rotatable bonds is 8. The van der Waals surface area contributed by atoms with Gasteiger partial charge in [-0.25, -0.2) is 4.79 Å². The van der Waals surface area contributed by atoms with Gasteiger partial charge in [0.2, 0.25) is 0 Å². The first kappa shape index (κ1) is 15.5. The van der Waals surface area contributed by atoms with E-state index in [1.807, 2.05) is 0 Å². The largest absolute Gasteiger partial charge is 0.480 e. The third-order valence-corrected chi connectivity index (χ3v) is 3.52. The van der Waals surface area contributed by atoms with E-state index in [1.54, 1.807) is 30.3 Å². The Bertz CT molecular complexity index is 410. The van der Waals surface area contributed by atoms with Gasteiger partial charge < -0.3 is 15.5 Å². The molecule has 0 saturated heterocycles. The fraction of sp³-hybridized carbons (Fsp3) is 0.385. The van der Waals surface area contributed by atoms with Crippen molar-refractivity contribution in [3.05, 3.63) is 35.9 Å². The molecule has 3 N–H and O–H groups in total. The molecule has 0 aromatic heterocycles. The van der Waals surface area contributed by atoms with Crippen LogP contribution in [0.1, 0.15) is 16.8 Å². The third-order valence-electron chi connectivity index (χ3n) is 2.37. The lowest BCUT2D eigenvalue weighted by molar-refractivity contribution is -0.138. The quantitative estimate of drug-likeness (QED) is 0.619. The molecule has 0 fully saturated rings. The summed E-state index contributed by atoms with van der Waals surface area (Å²) in [5.74, 6) is -0.494. The van der Waals surface area contributed by atoms with E-state index in [9.17, 15) is 9.59 Å². The van der Waals surface area contributed by atoms with Crippen molar-refractivity contribution in [3.8, 4) is 0 Å². The third kappa shape index (κ3) is 5.76. The number of hydrogen-bond acceptors (Lipinski definition) is 4. The molecule has 104 valence electrons. The van der Waals surface area contributed by atoms with Crippen LogP contribution in [0.2, 0.25) is 0 Å². The van der Waals surface area contributed by atoms with Gasteiger partial charge in [-0.3, -0.25) is 4.79 Å². The first-order valence-electron chi connectivity index (χ1n) is 5.92. The summed E-state index contributed by atoms with van der Waals surface area (Å²) in [6.07, 6.45) is 0.615. The number of carbonyl (C=O) groups is 2. The van der Waals surface area contributed by atoms with Gasteiger partial charge in [-0.1, -0.05) is 18.2 Å². The molecule has 0 unspecified atom stereocenters. The zero-order chi connectivity index (χ0) is 14.1. The molecular weight excluding hydrogens is 266 g/mol. The molecule has 19 heavy (non-hydrogen) atoms. The summed E-state index contributed by atoms with van der Waals surface area (Å²) in [7, 11) is 0. The van der Waals surface area contributed by atoms with Gasteiger partial charge in [-0.15, -0.1) is 0 Å². The Balaban J connectivity index is 2.49. The van der Waals surface area contributed by atoms with Crippen LogP contribution in [0.15, 0.2) is 30.3 Å². The summed E-state index contributed by atoms with van der Waals surface area (Å²) < 4.78 is 0. The van der Waals surface area contributed by atoms with E-state index in [0.29, 0.717) is 17.7 Å². The van der Waals surface area contributed by atoms with Crippen LogP contribution in [-0.4, -0.2) is 46.2 Å². The summed E-state index contributed by atoms with van der Waals surface area (Å²) in [6.45, 7) is 0.0844. The van der Waals surface area contributed by atoms with E-state index in [1.165, 1.54) is 11.8 Å². The highest BCUT2D eigenvalue weighted by Gasteiger charge is 2.20. The Morgan fingerprint density at radius 3 is 2.53 bits per heavy atom. The van der Waals surface area contributed by atoms with Crippen molar-refractivity contribution in [2.45, 2.75) is 12.5 Å². The van der Waals surface area contributed by atoms with Gasteiger partial charge >= 0.3 is 5.97 Å². The Morgan fingerprint density at radius 1 is 1.26 bits per heavy atom. The number of carboxylic acids is 1. The summed E-state index contributed by atoms with van der Waals surface area (Å²) in [4.78, 5) is 22.9. The standard InChI is InChI=1S/C13H17NO4S/c15-7-4-8-19-9-11(13(17)18)14-12(16)10-5-2-1-3-6-10/h1-3,5-6,11,15H,4,7-9H2,(H,14,16)(H,17,18)/t11-/m0/s1. The van der Waals surface area contributed by atoms with Crippen molar-refractivity contribution in [2.75, 3.05) is 18.1 Å². The van der Waals surface area contributed by atoms with Crippen molar-refractivity contribution < 1.29 is 19.8 Å². The number of aliphatic hydroxyl groups is 1. The van der Waals surface area contributed by atoms with E-state index in [4.69, 9.17) is 10.2 Å². The van der Waals surface area contributed by atoms with Crippen LogP contribution in [0.3, 0.4) is 0 Å². The zero-order valence-electron chi connectivity index (χ0n) is 10.4. The lowest BCUT2D eigenvalue weighted by Crippen LogP contribution is -2.42. The van der Waals surface area contributed by atoms with Gasteiger partial charge in [0, 0.05) is 17.9 Å². The van der Waals surface area contributed by atoms with Crippen LogP contribution in [0.5, 0.6) is 0 Å². The number of amides is 1. The van der Waals surface area contributed by atoms with Gasteiger partial charge in [0.15, 0.2) is 0 Å². The average Bonchev–Trinajstić information content (AvgIpc) is 2.42. The topological polar surface area (TPSA) is 86.6 Å². The van der Waals surface area contributed by atoms with Crippen molar-refractivity contribution in [1.82, 2.24) is 5.32 Å². The van der Waals surface area contributed by atoms with Gasteiger partial charge in [0.05, 0.1) is 0 Å². The van der Waals surface area contributed by atoms with Crippen LogP contribution in [0.25, 0.3) is 0 Å². The van der Waals surface area contributed by atoms with Crippen LogP contribution >= 0.6 is 11.8 Å². The highest BCUT2D eigenvalue weighted by Crippen LogP contribution is 2.06. The van der Waals surface area contributed by atoms with Gasteiger partial charge in [-0.05, 0) is 24.3 Å². The van der Waals surface area contributed by atoms with Crippen molar-refractivity contribution in [3.63, 3.8) is 0 Å². The number of aliphatic hydroxyl groups excluding tert-OH is 1. The Kier molecular flexibility index (Phi) is 6.99. The van der Waals surface area contributed by atoms with Crippen LogP contribution in [0, 0.1) is 0 Å². The molecule has 0 aliphatic rings. The van der Waals surface area contributed by atoms with Crippen molar-refractivity contribution in [1.29, 1.82) is 0 Å². The summed E-state index contributed by atoms with van der Waals surface area (Å²) in [5.41, 5.74) is 0.439. The molecule has 0 aliphatic carbocycles. The van der Waals surface area contributed by atoms with E-state index < -0.39 is 17.9 Å². The van der Waals surface area contributed by atoms with E-state index in [-0.39, 0.29) is 12.4 Å². The first-order valence-corrected chi connectivity index (χ1v) is 7.08. The van der Waals surface area contributed by atoms with Crippen LogP contribution < -0.4 is 5.32 Å². The van der Waals surface area contributed by atoms with Gasteiger partial charge in [0.25, 0.3) is 5.91 Å². The van der Waals surface area contributed by atoms with Gasteiger partial charge in [-0.2, -0.15) is 11.8 Å². The Labute approximate surface area is 116 Å². The molecule has 5 nitrogen and oxygen atoms in total. The molecule has 1 atom stereocenters. The predicted octanol–water partition coefficient (Wildman–Crippen LogP) is 0.985. The molecular formula is C13H17NO4S. The number of aliphatic carboxylic acids is 1. The number of benzene rings is 1. The average molecular weight is 283 g/mol. The highest BCUT2D eigenvalue weighted by molar-refractivity contribution is 7.99. The van der Waals surface area contributed by atoms with E-state index >= 15 is 0 Å². The smallest absolute Gasteiger partial charge is 0.327 e. The number of nitrogens with one attached hydrogen (secondary N) is 1. The molecule has 0 saturated carbocycles. The first-order chi connectivity index (χ1) is 9.15. The number of thioether (sulfide) groups is 1. The maximum Gasteiger partial charge on any atom is 0.327 e. The molecule has 0 aliphatic heterocycles. The van der Waals surface area contributed by atoms with Crippen LogP contribution in [0.4, 0.5) is 0 Å². The maximum atomic E-state index is 11.8. The summed E-state index contributed by atoms with van der Waals surface area (Å²) >= 11 is 1.40. The molecule has 1 amide bonds. The fourth-order valence-electron chi connectivity index (χ4n) is 1.37. The van der Waals surface area contributed by atoms with E-state index in [2.05, 4.69) is 5.32 Å². The molecule has 0 bridgehead atoms. The Morgan fingerprint density at radius 2 is 1.95 bits per heavy atom. The number of carboxylic acid groups (broad SMARTS) is 1. The minimum absolute atomic E-state index is 0.0844. The highest BCUT2D eigenvalue weighted by atomic mass is 32.2. The number of hydrogen-bond donors (Lipinski definition) is 3. The normalized spacial score (nSPS) is 11.8. The van der Waals surface area contributed by atoms with Crippen molar-refractivity contribution in [2.24, 2.45) is 0 Å². The second-order valence-electron chi connectivity index (χ2n) is 3.88. The molecule has 0 spiro atoms. The molecule has 1 aromatic rings. The molecule has 6 heteroatoms. The summed E-state index contributed by atoms with van der Waals surface area (Å²) in [5, 5.41) is 20.2. The lowest BCUT2D eigenvalue weighted by atomic mass is 10.2. The Hall–Kier alpha value is -1.53. The zero-order valence-corrected chi connectivity index (χ0v) is 11.2. The van der Waals surface area contributed by atoms with Crippen molar-refractivity contribution >= 4 is 23.6 Å². The minimum atomic E-state index is -1.05. The maximum absolute atomic E-state index is 11.8. The SMILES string of the molecule is O=C(N[C@@H](CSCCCO)C(=O)O)c1ccccc1. The second-order valence-corrected chi connectivity index (χ2v) is 5.03. The molecule has 0 heterocycles. The van der Waals surface area contributed by atoms with Crippen LogP contribution in [-0.2, 0) is 4.79 Å². The predicted molar refractivity (Wildman–Crippen MR) is 74.4 cm³/mol. The monoisotopic (exact) mass is 283 g/mol. The lowest BCUT2D eigenvalue weighted by Gasteiger charge is -2.14. The molecule has 1 rings (SSSR count). The fourth-order valence-corrected chi connectivity index (χ4v) is 2.34. The summed E-state index contributed by atoms with van der Waals surface area (Å²) in [6, 6.07) is 7.58. The second kappa shape index (κ2) is 8.55. The molecule has 1 aromatic carbocycles. The minimum Gasteiger partial charge on any atom is -0.480 e.